The van der Waals surface area contributed by atoms with Gasteiger partial charge in [-0.15, -0.1) is 0 Å². The van der Waals surface area contributed by atoms with Crippen LogP contribution < -0.4 is 4.74 Å². The Balaban J connectivity index is 1.76. The molecule has 21 heavy (non-hydrogen) atoms. The first-order valence-electron chi connectivity index (χ1n) is 8.35. The molecule has 1 aliphatic rings. The first kappa shape index (κ1) is 16.3. The highest BCUT2D eigenvalue weighted by molar-refractivity contribution is 5.21. The Morgan fingerprint density at radius 1 is 1.14 bits per heavy atom. The topological polar surface area (TPSA) is 38.7 Å². The number of hydrogen-bond acceptors (Lipinski definition) is 3. The van der Waals surface area contributed by atoms with E-state index in [9.17, 15) is 5.11 Å². The molecular formula is C18H28O3. The molecule has 1 N–H and O–H groups in total. The van der Waals surface area contributed by atoms with Crippen molar-refractivity contribution < 1.29 is 14.6 Å². The molecule has 0 spiro atoms. The summed E-state index contributed by atoms with van der Waals surface area (Å²) in [6.45, 7) is 2.81. The van der Waals surface area contributed by atoms with Crippen LogP contribution in [0.25, 0.3) is 0 Å². The summed E-state index contributed by atoms with van der Waals surface area (Å²) in [4.78, 5) is 0. The molecule has 118 valence electrons. The average Bonchev–Trinajstić information content (AvgIpc) is 2.84. The van der Waals surface area contributed by atoms with Crippen molar-refractivity contribution in [1.82, 2.24) is 0 Å². The quantitative estimate of drug-likeness (QED) is 0.538. The summed E-state index contributed by atoms with van der Waals surface area (Å²) in [5, 5.41) is 10.6. The molecule has 0 aromatic heterocycles. The fraction of sp³-hybridized carbons (Fsp3) is 0.667. The van der Waals surface area contributed by atoms with Gasteiger partial charge in [-0.3, -0.25) is 0 Å². The number of hydrogen-bond donors (Lipinski definition) is 1. The highest BCUT2D eigenvalue weighted by Gasteiger charge is 2.45. The summed E-state index contributed by atoms with van der Waals surface area (Å²) >= 11 is 0. The van der Waals surface area contributed by atoms with Crippen molar-refractivity contribution >= 4 is 0 Å². The fourth-order valence-electron chi connectivity index (χ4n) is 2.92. The summed E-state index contributed by atoms with van der Waals surface area (Å²) in [6.07, 6.45) is 9.43. The minimum Gasteiger partial charge on any atom is -0.439 e. The third-order valence-electron chi connectivity index (χ3n) is 4.20. The van der Waals surface area contributed by atoms with Crippen molar-refractivity contribution in [1.29, 1.82) is 0 Å². The third kappa shape index (κ3) is 5.01. The van der Waals surface area contributed by atoms with Crippen molar-refractivity contribution in [2.24, 2.45) is 5.92 Å². The lowest BCUT2D eigenvalue weighted by atomic mass is 9.97. The van der Waals surface area contributed by atoms with Crippen LogP contribution in [0.1, 0.15) is 58.3 Å². The monoisotopic (exact) mass is 292 g/mol. The Labute approximate surface area is 128 Å². The molecule has 1 fully saturated rings. The maximum Gasteiger partial charge on any atom is 0.327 e. The van der Waals surface area contributed by atoms with Gasteiger partial charge in [0.1, 0.15) is 5.75 Å². The zero-order valence-corrected chi connectivity index (χ0v) is 13.1. The fourth-order valence-corrected chi connectivity index (χ4v) is 2.92. The van der Waals surface area contributed by atoms with Crippen LogP contribution in [0, 0.1) is 5.92 Å². The molecule has 3 heteroatoms. The number of rotatable bonds is 9. The molecule has 2 atom stereocenters. The van der Waals surface area contributed by atoms with E-state index in [0.29, 0.717) is 12.4 Å². The molecule has 1 aromatic rings. The number of aliphatic hydroxyl groups is 1. The largest absolute Gasteiger partial charge is 0.439 e. The predicted molar refractivity (Wildman–Crippen MR) is 84.1 cm³/mol. The maximum absolute atomic E-state index is 10.6. The Kier molecular flexibility index (Phi) is 6.52. The van der Waals surface area contributed by atoms with E-state index in [1.165, 1.54) is 32.1 Å². The summed E-state index contributed by atoms with van der Waals surface area (Å²) < 4.78 is 11.2. The molecule has 0 saturated carbocycles. The zero-order valence-electron chi connectivity index (χ0n) is 13.1. The molecular weight excluding hydrogens is 264 g/mol. The Bertz CT molecular complexity index is 393. The van der Waals surface area contributed by atoms with E-state index < -0.39 is 5.97 Å². The van der Waals surface area contributed by atoms with Crippen LogP contribution in [-0.4, -0.2) is 17.7 Å². The van der Waals surface area contributed by atoms with Crippen LogP contribution in [-0.2, 0) is 4.74 Å². The van der Waals surface area contributed by atoms with E-state index >= 15 is 0 Å². The summed E-state index contributed by atoms with van der Waals surface area (Å²) in [5.74, 6) is -0.705. The molecule has 1 aromatic carbocycles. The van der Waals surface area contributed by atoms with E-state index in [-0.39, 0.29) is 5.92 Å². The first-order chi connectivity index (χ1) is 10.2. The molecule has 3 nitrogen and oxygen atoms in total. The Hall–Kier alpha value is -1.06. The van der Waals surface area contributed by atoms with Gasteiger partial charge in [0.15, 0.2) is 0 Å². The van der Waals surface area contributed by atoms with Gasteiger partial charge < -0.3 is 14.6 Å². The molecule has 0 radical (unpaired) electrons. The molecule has 1 aliphatic heterocycles. The van der Waals surface area contributed by atoms with Crippen LogP contribution in [0.15, 0.2) is 30.3 Å². The van der Waals surface area contributed by atoms with Crippen molar-refractivity contribution in [3.05, 3.63) is 30.3 Å². The molecule has 0 amide bonds. The van der Waals surface area contributed by atoms with Crippen LogP contribution in [0.3, 0.4) is 0 Å². The first-order valence-corrected chi connectivity index (χ1v) is 8.35. The van der Waals surface area contributed by atoms with E-state index in [1.807, 2.05) is 30.3 Å². The standard InChI is InChI=1S/C18H28O3/c1-2-3-4-5-6-8-11-16-14-15-20-18(16,19)21-17-12-9-7-10-13-17/h7,9-10,12-13,16,19H,2-6,8,11,14-15H2,1H3. The number of benzene rings is 1. The lowest BCUT2D eigenvalue weighted by Crippen LogP contribution is -2.41. The van der Waals surface area contributed by atoms with Gasteiger partial charge in [-0.1, -0.05) is 63.6 Å². The maximum atomic E-state index is 10.6. The Morgan fingerprint density at radius 3 is 2.62 bits per heavy atom. The average molecular weight is 292 g/mol. The van der Waals surface area contributed by atoms with Crippen molar-refractivity contribution in [3.63, 3.8) is 0 Å². The number of para-hydroxylation sites is 1. The number of unbranched alkanes of at least 4 members (excludes halogenated alkanes) is 5. The zero-order chi connectivity index (χ0) is 15.0. The normalized spacial score (nSPS) is 25.1. The van der Waals surface area contributed by atoms with E-state index in [0.717, 1.165) is 19.3 Å². The van der Waals surface area contributed by atoms with Gasteiger partial charge in [-0.05, 0) is 25.0 Å². The summed E-state index contributed by atoms with van der Waals surface area (Å²) in [5.41, 5.74) is 0. The molecule has 0 aliphatic carbocycles. The molecule has 1 heterocycles. The lowest BCUT2D eigenvalue weighted by molar-refractivity contribution is -0.317. The van der Waals surface area contributed by atoms with Crippen molar-refractivity contribution in [3.8, 4) is 5.75 Å². The second kappa shape index (κ2) is 8.40. The highest BCUT2D eigenvalue weighted by atomic mass is 16.8. The minimum absolute atomic E-state index is 0.0730. The second-order valence-electron chi connectivity index (χ2n) is 5.94. The van der Waals surface area contributed by atoms with Gasteiger partial charge in [0.25, 0.3) is 0 Å². The highest BCUT2D eigenvalue weighted by Crippen LogP contribution is 2.35. The van der Waals surface area contributed by atoms with Crippen molar-refractivity contribution in [2.75, 3.05) is 6.61 Å². The van der Waals surface area contributed by atoms with E-state index in [2.05, 4.69) is 6.92 Å². The van der Waals surface area contributed by atoms with Gasteiger partial charge in [-0.25, -0.2) is 0 Å². The third-order valence-corrected chi connectivity index (χ3v) is 4.20. The van der Waals surface area contributed by atoms with Gasteiger partial charge in [0.2, 0.25) is 0 Å². The number of ether oxygens (including phenoxy) is 2. The van der Waals surface area contributed by atoms with E-state index in [1.54, 1.807) is 0 Å². The van der Waals surface area contributed by atoms with Crippen LogP contribution in [0.5, 0.6) is 5.75 Å². The van der Waals surface area contributed by atoms with Crippen LogP contribution in [0.4, 0.5) is 0 Å². The SMILES string of the molecule is CCCCCCCCC1CCOC1(O)Oc1ccccc1. The molecule has 0 bridgehead atoms. The molecule has 1 saturated heterocycles. The minimum atomic E-state index is -1.44. The second-order valence-corrected chi connectivity index (χ2v) is 5.94. The smallest absolute Gasteiger partial charge is 0.327 e. The molecule has 2 rings (SSSR count). The Morgan fingerprint density at radius 2 is 1.86 bits per heavy atom. The van der Waals surface area contributed by atoms with Gasteiger partial charge in [-0.2, -0.15) is 0 Å². The van der Waals surface area contributed by atoms with Crippen molar-refractivity contribution in [2.45, 2.75) is 64.3 Å². The van der Waals surface area contributed by atoms with Gasteiger partial charge in [0.05, 0.1) is 12.5 Å². The predicted octanol–water partition coefficient (Wildman–Crippen LogP) is 4.50. The van der Waals surface area contributed by atoms with Gasteiger partial charge in [0, 0.05) is 0 Å². The van der Waals surface area contributed by atoms with Crippen LogP contribution >= 0.6 is 0 Å². The lowest BCUT2D eigenvalue weighted by Gasteiger charge is -2.29. The van der Waals surface area contributed by atoms with Crippen LogP contribution in [0.2, 0.25) is 0 Å². The van der Waals surface area contributed by atoms with Gasteiger partial charge >= 0.3 is 5.97 Å². The molecule has 2 unspecified atom stereocenters. The summed E-state index contributed by atoms with van der Waals surface area (Å²) in [6, 6.07) is 9.43. The van der Waals surface area contributed by atoms with E-state index in [4.69, 9.17) is 9.47 Å². The summed E-state index contributed by atoms with van der Waals surface area (Å²) in [7, 11) is 0.